The zero-order chi connectivity index (χ0) is 24.4. The lowest BCUT2D eigenvalue weighted by Gasteiger charge is -2.36. The van der Waals surface area contributed by atoms with E-state index in [9.17, 15) is 9.59 Å². The number of halogens is 1. The molecule has 0 radical (unpaired) electrons. The number of benzene rings is 3. The number of rotatable bonds is 5. The molecule has 0 unspecified atom stereocenters. The van der Waals surface area contributed by atoms with E-state index in [-0.39, 0.29) is 11.3 Å². The number of fused-ring (bicyclic) bond motifs is 1. The normalized spacial score (nSPS) is 14.3. The van der Waals surface area contributed by atoms with Crippen molar-refractivity contribution in [2.24, 2.45) is 0 Å². The number of carbonyl (C=O) groups is 1. The molecule has 1 saturated heterocycles. The standard InChI is InChI=1S/C27H26ClN5O2/c1-2-31-14-16-32(17-15-31)24-13-12-19(28)18-23(24)29-26(34)25-21-10-6-7-11-22(21)27(35)33(30-25)20-8-4-3-5-9-20/h3-13,18H,2,14-17H2,1H3,(H,29,34). The van der Waals surface area contributed by atoms with Crippen LogP contribution in [0.5, 0.6) is 0 Å². The van der Waals surface area contributed by atoms with Crippen molar-refractivity contribution in [1.82, 2.24) is 14.7 Å². The summed E-state index contributed by atoms with van der Waals surface area (Å²) in [5.41, 5.74) is 2.02. The Morgan fingerprint density at radius 2 is 1.63 bits per heavy atom. The minimum Gasteiger partial charge on any atom is -0.367 e. The monoisotopic (exact) mass is 487 g/mol. The number of para-hydroxylation sites is 1. The van der Waals surface area contributed by atoms with E-state index >= 15 is 0 Å². The molecule has 7 nitrogen and oxygen atoms in total. The molecule has 1 fully saturated rings. The Morgan fingerprint density at radius 1 is 0.943 bits per heavy atom. The van der Waals surface area contributed by atoms with E-state index < -0.39 is 5.91 Å². The van der Waals surface area contributed by atoms with Crippen LogP contribution in [-0.4, -0.2) is 53.3 Å². The van der Waals surface area contributed by atoms with Gasteiger partial charge in [-0.25, -0.2) is 0 Å². The molecule has 1 N–H and O–H groups in total. The smallest absolute Gasteiger partial charge is 0.279 e. The first-order chi connectivity index (χ1) is 17.0. The SMILES string of the molecule is CCN1CCN(c2ccc(Cl)cc2NC(=O)c2nn(-c3ccccc3)c(=O)c3ccccc23)CC1. The van der Waals surface area contributed by atoms with E-state index in [1.54, 1.807) is 42.5 Å². The van der Waals surface area contributed by atoms with Gasteiger partial charge in [-0.05, 0) is 42.9 Å². The lowest BCUT2D eigenvalue weighted by Crippen LogP contribution is -2.46. The first kappa shape index (κ1) is 23.1. The molecule has 1 amide bonds. The Morgan fingerprint density at radius 3 is 2.34 bits per heavy atom. The van der Waals surface area contributed by atoms with Gasteiger partial charge in [0.25, 0.3) is 11.5 Å². The summed E-state index contributed by atoms with van der Waals surface area (Å²) in [5.74, 6) is -0.401. The molecule has 3 aromatic carbocycles. The summed E-state index contributed by atoms with van der Waals surface area (Å²) in [4.78, 5) is 31.4. The summed E-state index contributed by atoms with van der Waals surface area (Å²) in [5, 5.41) is 8.98. The fourth-order valence-electron chi connectivity index (χ4n) is 4.47. The molecule has 0 saturated carbocycles. The van der Waals surface area contributed by atoms with Crippen molar-refractivity contribution in [2.45, 2.75) is 6.92 Å². The molecular weight excluding hydrogens is 462 g/mol. The molecule has 0 aliphatic carbocycles. The van der Waals surface area contributed by atoms with Crippen LogP contribution in [0.1, 0.15) is 17.4 Å². The minimum absolute atomic E-state index is 0.172. The number of nitrogens with one attached hydrogen (secondary N) is 1. The Kier molecular flexibility index (Phi) is 6.53. The van der Waals surface area contributed by atoms with E-state index in [4.69, 9.17) is 11.6 Å². The zero-order valence-corrected chi connectivity index (χ0v) is 20.2. The molecule has 4 aromatic rings. The summed E-state index contributed by atoms with van der Waals surface area (Å²) in [6, 6.07) is 21.7. The van der Waals surface area contributed by atoms with Crippen molar-refractivity contribution in [3.63, 3.8) is 0 Å². The van der Waals surface area contributed by atoms with Gasteiger partial charge in [-0.2, -0.15) is 9.78 Å². The Hall–Kier alpha value is -3.68. The van der Waals surface area contributed by atoms with Crippen molar-refractivity contribution in [3.05, 3.63) is 93.9 Å². The third-order valence-corrected chi connectivity index (χ3v) is 6.62. The van der Waals surface area contributed by atoms with Crippen LogP contribution >= 0.6 is 11.6 Å². The summed E-state index contributed by atoms with van der Waals surface area (Å²) in [6.45, 7) is 6.82. The highest BCUT2D eigenvalue weighted by Gasteiger charge is 2.22. The highest BCUT2D eigenvalue weighted by Crippen LogP contribution is 2.31. The summed E-state index contributed by atoms with van der Waals surface area (Å²) in [7, 11) is 0. The first-order valence-electron chi connectivity index (χ1n) is 11.7. The molecular formula is C27H26ClN5O2. The Balaban J connectivity index is 1.54. The van der Waals surface area contributed by atoms with Gasteiger partial charge in [0.15, 0.2) is 5.69 Å². The van der Waals surface area contributed by atoms with E-state index in [0.717, 1.165) is 38.4 Å². The molecule has 1 aliphatic rings. The molecule has 0 bridgehead atoms. The number of nitrogens with zero attached hydrogens (tertiary/aromatic N) is 4. The Labute approximate surface area is 208 Å². The maximum absolute atomic E-state index is 13.6. The van der Waals surface area contributed by atoms with Gasteiger partial charge in [-0.3, -0.25) is 9.59 Å². The van der Waals surface area contributed by atoms with Gasteiger partial charge in [0.2, 0.25) is 0 Å². The molecule has 1 aliphatic heterocycles. The van der Waals surface area contributed by atoms with Crippen LogP contribution in [0.15, 0.2) is 77.6 Å². The van der Waals surface area contributed by atoms with Crippen LogP contribution in [0.4, 0.5) is 11.4 Å². The number of aromatic nitrogens is 2. The van der Waals surface area contributed by atoms with Crippen LogP contribution in [0.2, 0.25) is 5.02 Å². The van der Waals surface area contributed by atoms with Crippen LogP contribution in [0, 0.1) is 0 Å². The van der Waals surface area contributed by atoms with Crippen molar-refractivity contribution in [1.29, 1.82) is 0 Å². The quantitative estimate of drug-likeness (QED) is 0.451. The predicted molar refractivity (Wildman–Crippen MR) is 141 cm³/mol. The molecule has 5 rings (SSSR count). The molecule has 1 aromatic heterocycles. The highest BCUT2D eigenvalue weighted by atomic mass is 35.5. The van der Waals surface area contributed by atoms with Crippen LogP contribution in [-0.2, 0) is 0 Å². The van der Waals surface area contributed by atoms with Gasteiger partial charge >= 0.3 is 0 Å². The van der Waals surface area contributed by atoms with Gasteiger partial charge in [0, 0.05) is 36.6 Å². The van der Waals surface area contributed by atoms with Gasteiger partial charge < -0.3 is 15.1 Å². The fourth-order valence-corrected chi connectivity index (χ4v) is 4.64. The van der Waals surface area contributed by atoms with Gasteiger partial charge in [0.1, 0.15) is 0 Å². The minimum atomic E-state index is -0.401. The number of carbonyl (C=O) groups excluding carboxylic acids is 1. The van der Waals surface area contributed by atoms with Crippen LogP contribution in [0.3, 0.4) is 0 Å². The predicted octanol–water partition coefficient (Wildman–Crippen LogP) is 4.43. The van der Waals surface area contributed by atoms with E-state index in [1.807, 2.05) is 30.3 Å². The average Bonchev–Trinajstić information content (AvgIpc) is 2.90. The second-order valence-electron chi connectivity index (χ2n) is 8.48. The summed E-state index contributed by atoms with van der Waals surface area (Å²) >= 11 is 6.31. The molecule has 0 spiro atoms. The van der Waals surface area contributed by atoms with Crippen molar-refractivity contribution in [2.75, 3.05) is 42.9 Å². The third kappa shape index (κ3) is 4.65. The van der Waals surface area contributed by atoms with E-state index in [0.29, 0.717) is 27.2 Å². The van der Waals surface area contributed by atoms with Crippen LogP contribution < -0.4 is 15.8 Å². The second-order valence-corrected chi connectivity index (χ2v) is 8.92. The van der Waals surface area contributed by atoms with Gasteiger partial charge in [-0.15, -0.1) is 0 Å². The largest absolute Gasteiger partial charge is 0.367 e. The first-order valence-corrected chi connectivity index (χ1v) is 12.1. The second kappa shape index (κ2) is 9.90. The molecule has 0 atom stereocenters. The zero-order valence-electron chi connectivity index (χ0n) is 19.4. The fraction of sp³-hybridized carbons (Fsp3) is 0.222. The number of likely N-dealkylation sites (N-methyl/N-ethyl adjacent to an activating group) is 1. The lowest BCUT2D eigenvalue weighted by molar-refractivity contribution is 0.102. The number of hydrogen-bond donors (Lipinski definition) is 1. The third-order valence-electron chi connectivity index (χ3n) is 6.39. The molecule has 35 heavy (non-hydrogen) atoms. The average molecular weight is 488 g/mol. The number of amides is 1. The number of anilines is 2. The lowest BCUT2D eigenvalue weighted by atomic mass is 10.1. The van der Waals surface area contributed by atoms with Crippen molar-refractivity contribution in [3.8, 4) is 5.69 Å². The van der Waals surface area contributed by atoms with Crippen molar-refractivity contribution < 1.29 is 4.79 Å². The summed E-state index contributed by atoms with van der Waals surface area (Å²) < 4.78 is 1.28. The van der Waals surface area contributed by atoms with Gasteiger partial charge in [-0.1, -0.05) is 54.9 Å². The molecule has 178 valence electrons. The summed E-state index contributed by atoms with van der Waals surface area (Å²) in [6.07, 6.45) is 0. The topological polar surface area (TPSA) is 70.5 Å². The van der Waals surface area contributed by atoms with Crippen LogP contribution in [0.25, 0.3) is 16.5 Å². The van der Waals surface area contributed by atoms with Crippen molar-refractivity contribution >= 4 is 39.7 Å². The van der Waals surface area contributed by atoms with Gasteiger partial charge in [0.05, 0.1) is 22.4 Å². The highest BCUT2D eigenvalue weighted by molar-refractivity contribution is 6.31. The maximum Gasteiger partial charge on any atom is 0.279 e. The van der Waals surface area contributed by atoms with E-state index in [1.165, 1.54) is 4.68 Å². The van der Waals surface area contributed by atoms with E-state index in [2.05, 4.69) is 27.1 Å². The molecule has 2 heterocycles. The maximum atomic E-state index is 13.6. The Bertz CT molecular complexity index is 1430. The molecule has 8 heteroatoms. The number of hydrogen-bond acceptors (Lipinski definition) is 5. The number of piperazine rings is 1.